The lowest BCUT2D eigenvalue weighted by Gasteiger charge is -2.14. The van der Waals surface area contributed by atoms with E-state index in [1.807, 2.05) is 38.1 Å². The molecule has 2 aromatic heterocycles. The average Bonchev–Trinajstić information content (AvgIpc) is 2.95. The smallest absolute Gasteiger partial charge is 0.276 e. The van der Waals surface area contributed by atoms with Crippen LogP contribution < -0.4 is 10.9 Å². The number of thiophene rings is 1. The lowest BCUT2D eigenvalue weighted by molar-refractivity contribution is -0.124. The predicted octanol–water partition coefficient (Wildman–Crippen LogP) is 3.01. The molecule has 0 aliphatic rings. The first-order valence-electron chi connectivity index (χ1n) is 7.73. The molecule has 0 radical (unpaired) electrons. The summed E-state index contributed by atoms with van der Waals surface area (Å²) >= 11 is 1.57. The first-order chi connectivity index (χ1) is 11.0. The summed E-state index contributed by atoms with van der Waals surface area (Å²) in [4.78, 5) is 25.1. The highest BCUT2D eigenvalue weighted by Crippen LogP contribution is 2.32. The van der Waals surface area contributed by atoms with Crippen LogP contribution in [0.1, 0.15) is 32.0 Å². The summed E-state index contributed by atoms with van der Waals surface area (Å²) in [5, 5.41) is 8.79. The molecule has 0 fully saturated rings. The average molecular weight is 329 g/mol. The number of hydrogen-bond donors (Lipinski definition) is 1. The van der Waals surface area contributed by atoms with Crippen molar-refractivity contribution in [3.63, 3.8) is 0 Å². The summed E-state index contributed by atoms with van der Waals surface area (Å²) in [7, 11) is 0. The number of amides is 1. The number of carbonyl (C=O) groups is 1. The van der Waals surface area contributed by atoms with Crippen LogP contribution in [0.25, 0.3) is 20.2 Å². The van der Waals surface area contributed by atoms with Crippen LogP contribution in [0.5, 0.6) is 0 Å². The third kappa shape index (κ3) is 2.63. The van der Waals surface area contributed by atoms with E-state index >= 15 is 0 Å². The molecule has 1 amide bonds. The van der Waals surface area contributed by atoms with E-state index in [-0.39, 0.29) is 11.5 Å². The van der Waals surface area contributed by atoms with Crippen LogP contribution in [0, 0.1) is 6.92 Å². The third-order valence-corrected chi connectivity index (χ3v) is 5.18. The minimum Gasteiger partial charge on any atom is -0.354 e. The maximum Gasteiger partial charge on any atom is 0.276 e. The largest absolute Gasteiger partial charge is 0.354 e. The van der Waals surface area contributed by atoms with Crippen molar-refractivity contribution >= 4 is 37.4 Å². The van der Waals surface area contributed by atoms with E-state index in [1.54, 1.807) is 18.3 Å². The molecule has 0 aliphatic heterocycles. The summed E-state index contributed by atoms with van der Waals surface area (Å²) in [6, 6.07) is 7.20. The molecule has 2 heterocycles. The van der Waals surface area contributed by atoms with Gasteiger partial charge in [-0.2, -0.15) is 5.10 Å². The molecule has 5 nitrogen and oxygen atoms in total. The molecule has 0 spiro atoms. The van der Waals surface area contributed by atoms with Crippen LogP contribution in [-0.4, -0.2) is 22.2 Å². The molecular formula is C17H19N3O2S. The first kappa shape index (κ1) is 15.7. The van der Waals surface area contributed by atoms with Gasteiger partial charge >= 0.3 is 0 Å². The topological polar surface area (TPSA) is 64.0 Å². The fourth-order valence-corrected chi connectivity index (χ4v) is 3.78. The van der Waals surface area contributed by atoms with Gasteiger partial charge in [0.15, 0.2) is 0 Å². The fraction of sp³-hybridized carbons (Fsp3) is 0.353. The van der Waals surface area contributed by atoms with Gasteiger partial charge in [0.25, 0.3) is 5.56 Å². The zero-order valence-corrected chi connectivity index (χ0v) is 14.2. The number of fused-ring (bicyclic) bond motifs is 3. The summed E-state index contributed by atoms with van der Waals surface area (Å²) in [6.45, 7) is 6.17. The van der Waals surface area contributed by atoms with Gasteiger partial charge in [-0.05, 0) is 26.3 Å². The number of nitrogens with zero attached hydrogens (tertiary/aromatic N) is 2. The molecule has 1 N–H and O–H groups in total. The van der Waals surface area contributed by atoms with Gasteiger partial charge in [0, 0.05) is 16.6 Å². The van der Waals surface area contributed by atoms with E-state index in [1.165, 1.54) is 4.68 Å². The van der Waals surface area contributed by atoms with Crippen molar-refractivity contribution in [2.45, 2.75) is 33.2 Å². The Morgan fingerprint density at radius 2 is 2.13 bits per heavy atom. The van der Waals surface area contributed by atoms with Crippen molar-refractivity contribution in [2.75, 3.05) is 6.54 Å². The van der Waals surface area contributed by atoms with Crippen molar-refractivity contribution in [3.05, 3.63) is 40.3 Å². The van der Waals surface area contributed by atoms with Crippen molar-refractivity contribution in [2.24, 2.45) is 0 Å². The second kappa shape index (κ2) is 6.12. The van der Waals surface area contributed by atoms with Gasteiger partial charge in [-0.25, -0.2) is 4.68 Å². The fourth-order valence-electron chi connectivity index (χ4n) is 2.65. The van der Waals surface area contributed by atoms with Crippen molar-refractivity contribution in [3.8, 4) is 0 Å². The normalized spacial score (nSPS) is 12.7. The summed E-state index contributed by atoms with van der Waals surface area (Å²) < 4.78 is 3.26. The SMILES string of the molecule is CCCNC(=O)C(C)n1nc(C)c2sc3ccccc3c2c1=O. The molecule has 120 valence electrons. The van der Waals surface area contributed by atoms with Gasteiger partial charge in [0.1, 0.15) is 6.04 Å². The molecule has 6 heteroatoms. The Hall–Kier alpha value is -2.21. The molecule has 0 saturated carbocycles. The van der Waals surface area contributed by atoms with Crippen LogP contribution in [0.15, 0.2) is 29.1 Å². The van der Waals surface area contributed by atoms with E-state index in [0.717, 1.165) is 26.9 Å². The van der Waals surface area contributed by atoms with Gasteiger partial charge < -0.3 is 5.32 Å². The van der Waals surface area contributed by atoms with Crippen LogP contribution >= 0.6 is 11.3 Å². The van der Waals surface area contributed by atoms with Crippen LogP contribution in [0.3, 0.4) is 0 Å². The van der Waals surface area contributed by atoms with E-state index in [0.29, 0.717) is 11.9 Å². The Kier molecular flexibility index (Phi) is 4.17. The summed E-state index contributed by atoms with van der Waals surface area (Å²) in [6.07, 6.45) is 0.855. The predicted molar refractivity (Wildman–Crippen MR) is 94.1 cm³/mol. The third-order valence-electron chi connectivity index (χ3n) is 3.90. The van der Waals surface area contributed by atoms with Crippen LogP contribution in [0.2, 0.25) is 0 Å². The zero-order valence-electron chi connectivity index (χ0n) is 13.4. The van der Waals surface area contributed by atoms with Gasteiger partial charge in [-0.15, -0.1) is 11.3 Å². The standard InChI is InChI=1S/C17H19N3O2S/c1-4-9-18-16(21)11(3)20-17(22)14-12-7-5-6-8-13(12)23-15(14)10(2)19-20/h5-8,11H,4,9H2,1-3H3,(H,18,21). The number of aryl methyl sites for hydroxylation is 1. The minimum absolute atomic E-state index is 0.181. The summed E-state index contributed by atoms with van der Waals surface area (Å²) in [5.74, 6) is -0.181. The Morgan fingerprint density at radius 3 is 2.87 bits per heavy atom. The summed E-state index contributed by atoms with van der Waals surface area (Å²) in [5.41, 5.74) is 0.568. The molecule has 0 bridgehead atoms. The molecule has 1 atom stereocenters. The number of hydrogen-bond acceptors (Lipinski definition) is 4. The van der Waals surface area contributed by atoms with Gasteiger partial charge in [0.2, 0.25) is 5.91 Å². The highest BCUT2D eigenvalue weighted by molar-refractivity contribution is 7.26. The van der Waals surface area contributed by atoms with Crippen LogP contribution in [-0.2, 0) is 4.79 Å². The maximum absolute atomic E-state index is 12.9. The molecule has 1 unspecified atom stereocenters. The maximum atomic E-state index is 12.9. The Balaban J connectivity index is 2.19. The number of rotatable bonds is 4. The molecule has 23 heavy (non-hydrogen) atoms. The number of nitrogens with one attached hydrogen (secondary N) is 1. The Morgan fingerprint density at radius 1 is 1.39 bits per heavy atom. The lowest BCUT2D eigenvalue weighted by Crippen LogP contribution is -2.37. The molecule has 0 saturated heterocycles. The second-order valence-corrected chi connectivity index (χ2v) is 6.66. The van der Waals surface area contributed by atoms with Crippen LogP contribution in [0.4, 0.5) is 0 Å². The van der Waals surface area contributed by atoms with Crippen molar-refractivity contribution < 1.29 is 4.79 Å². The van der Waals surface area contributed by atoms with E-state index in [2.05, 4.69) is 10.4 Å². The Labute approximate surface area is 137 Å². The highest BCUT2D eigenvalue weighted by Gasteiger charge is 2.21. The highest BCUT2D eigenvalue weighted by atomic mass is 32.1. The van der Waals surface area contributed by atoms with Gasteiger partial charge in [-0.1, -0.05) is 25.1 Å². The zero-order chi connectivity index (χ0) is 16.6. The molecule has 3 rings (SSSR count). The second-order valence-electron chi connectivity index (χ2n) is 5.60. The van der Waals surface area contributed by atoms with Crippen molar-refractivity contribution in [1.82, 2.24) is 15.1 Å². The molecule has 0 aliphatic carbocycles. The minimum atomic E-state index is -0.629. The monoisotopic (exact) mass is 329 g/mol. The molecule has 3 aromatic rings. The van der Waals surface area contributed by atoms with Gasteiger partial charge in [0.05, 0.1) is 15.8 Å². The first-order valence-corrected chi connectivity index (χ1v) is 8.54. The van der Waals surface area contributed by atoms with E-state index in [4.69, 9.17) is 0 Å². The van der Waals surface area contributed by atoms with E-state index in [9.17, 15) is 9.59 Å². The quantitative estimate of drug-likeness (QED) is 0.800. The molecule has 1 aromatic carbocycles. The van der Waals surface area contributed by atoms with E-state index < -0.39 is 6.04 Å². The number of benzene rings is 1. The number of aromatic nitrogens is 2. The van der Waals surface area contributed by atoms with Gasteiger partial charge in [-0.3, -0.25) is 9.59 Å². The number of carbonyl (C=O) groups excluding carboxylic acids is 1. The Bertz CT molecular complexity index is 942. The lowest BCUT2D eigenvalue weighted by atomic mass is 10.2. The molecular weight excluding hydrogens is 310 g/mol. The van der Waals surface area contributed by atoms with Crippen molar-refractivity contribution in [1.29, 1.82) is 0 Å².